The number of hydrogen-bond donors (Lipinski definition) is 1. The van der Waals surface area contributed by atoms with Gasteiger partial charge in [-0.15, -0.1) is 17.5 Å². The molecule has 1 fully saturated rings. The van der Waals surface area contributed by atoms with E-state index in [0.717, 1.165) is 19.5 Å². The lowest BCUT2D eigenvalue weighted by Crippen LogP contribution is -2.34. The van der Waals surface area contributed by atoms with Gasteiger partial charge in [-0.25, -0.2) is 9.67 Å². The van der Waals surface area contributed by atoms with Gasteiger partial charge in [-0.2, -0.15) is 0 Å². The molecule has 1 aliphatic heterocycles. The van der Waals surface area contributed by atoms with Crippen molar-refractivity contribution in [2.24, 2.45) is 0 Å². The van der Waals surface area contributed by atoms with Crippen molar-refractivity contribution in [1.29, 1.82) is 0 Å². The first-order chi connectivity index (χ1) is 11.6. The van der Waals surface area contributed by atoms with Crippen LogP contribution in [0.2, 0.25) is 10.0 Å². The molecule has 136 valence electrons. The Morgan fingerprint density at radius 3 is 2.64 bits per heavy atom. The van der Waals surface area contributed by atoms with Crippen LogP contribution in [-0.2, 0) is 6.42 Å². The van der Waals surface area contributed by atoms with Gasteiger partial charge < -0.3 is 10.2 Å². The molecule has 2 aromatic rings. The van der Waals surface area contributed by atoms with E-state index in [0.29, 0.717) is 41.1 Å². The van der Waals surface area contributed by atoms with Gasteiger partial charge in [0.1, 0.15) is 11.5 Å². The zero-order chi connectivity index (χ0) is 17.1. The number of benzene rings is 1. The Balaban J connectivity index is 0.00000225. The molecule has 0 saturated carbocycles. The third kappa shape index (κ3) is 4.26. The Labute approximate surface area is 162 Å². The van der Waals surface area contributed by atoms with E-state index in [-0.39, 0.29) is 24.1 Å². The van der Waals surface area contributed by atoms with Crippen molar-refractivity contribution in [2.45, 2.75) is 19.8 Å². The predicted octanol–water partition coefficient (Wildman–Crippen LogP) is 2.99. The number of aryl methyl sites for hydroxylation is 1. The normalized spacial score (nSPS) is 14.8. The molecule has 3 rings (SSSR count). The molecule has 0 unspecified atom stereocenters. The molecule has 0 bridgehead atoms. The van der Waals surface area contributed by atoms with E-state index in [1.165, 1.54) is 0 Å². The molecule has 1 aliphatic rings. The van der Waals surface area contributed by atoms with Crippen LogP contribution in [0, 0.1) is 0 Å². The lowest BCUT2D eigenvalue weighted by atomic mass is 10.3. The Bertz CT molecular complexity index is 721. The molecule has 6 nitrogen and oxygen atoms in total. The predicted molar refractivity (Wildman–Crippen MR) is 101 cm³/mol. The van der Waals surface area contributed by atoms with E-state index < -0.39 is 0 Å². The van der Waals surface area contributed by atoms with Gasteiger partial charge in [0.25, 0.3) is 5.91 Å². The first-order valence-corrected chi connectivity index (χ1v) is 8.77. The molecule has 1 aromatic carbocycles. The lowest BCUT2D eigenvalue weighted by molar-refractivity contribution is 0.0754. The summed E-state index contributed by atoms with van der Waals surface area (Å²) >= 11 is 12.6. The molecular weight excluding hydrogens is 385 g/mol. The molecule has 1 aromatic heterocycles. The highest BCUT2D eigenvalue weighted by molar-refractivity contribution is 6.37. The minimum atomic E-state index is -0.157. The minimum absolute atomic E-state index is 0. The van der Waals surface area contributed by atoms with Crippen molar-refractivity contribution < 1.29 is 4.79 Å². The number of carbonyl (C=O) groups is 1. The number of carbonyl (C=O) groups excluding carboxylic acids is 1. The zero-order valence-corrected chi connectivity index (χ0v) is 16.2. The molecule has 9 heteroatoms. The van der Waals surface area contributed by atoms with E-state index in [1.807, 2.05) is 6.92 Å². The van der Waals surface area contributed by atoms with Gasteiger partial charge in [0.15, 0.2) is 0 Å². The second kappa shape index (κ2) is 8.85. The molecule has 1 N–H and O–H groups in total. The summed E-state index contributed by atoms with van der Waals surface area (Å²) in [6, 6.07) is 5.25. The first kappa shape index (κ1) is 20.0. The van der Waals surface area contributed by atoms with E-state index >= 15 is 0 Å². The second-order valence-corrected chi connectivity index (χ2v) is 6.40. The summed E-state index contributed by atoms with van der Waals surface area (Å²) in [5.41, 5.74) is 0.557. The fraction of sp³-hybridized carbons (Fsp3) is 0.438. The van der Waals surface area contributed by atoms with Crippen molar-refractivity contribution >= 4 is 41.5 Å². The van der Waals surface area contributed by atoms with Crippen molar-refractivity contribution in [3.05, 3.63) is 39.9 Å². The molecule has 2 heterocycles. The van der Waals surface area contributed by atoms with Gasteiger partial charge >= 0.3 is 0 Å². The Morgan fingerprint density at radius 1 is 1.24 bits per heavy atom. The average molecular weight is 405 g/mol. The standard InChI is InChI=1S/C16H19Cl2N5O.ClH/c1-2-13-20-15(16(24)22-9-4-7-19-8-10-22)21-23(13)14-11(17)5-3-6-12(14)18;/h3,5-6,19H,2,4,7-10H2,1H3;1H. The quantitative estimate of drug-likeness (QED) is 0.854. The topological polar surface area (TPSA) is 63.1 Å². The van der Waals surface area contributed by atoms with Gasteiger partial charge in [0.05, 0.1) is 10.0 Å². The summed E-state index contributed by atoms with van der Waals surface area (Å²) in [5, 5.41) is 8.63. The maximum Gasteiger partial charge on any atom is 0.293 e. The van der Waals surface area contributed by atoms with Crippen LogP contribution in [0.5, 0.6) is 0 Å². The van der Waals surface area contributed by atoms with Gasteiger partial charge in [-0.1, -0.05) is 36.2 Å². The van der Waals surface area contributed by atoms with Crippen molar-refractivity contribution in [1.82, 2.24) is 25.0 Å². The first-order valence-electron chi connectivity index (χ1n) is 8.02. The van der Waals surface area contributed by atoms with Crippen LogP contribution in [0.3, 0.4) is 0 Å². The molecule has 0 radical (unpaired) electrons. The van der Waals surface area contributed by atoms with Gasteiger partial charge in [0, 0.05) is 26.1 Å². The van der Waals surface area contributed by atoms with E-state index in [4.69, 9.17) is 23.2 Å². The summed E-state index contributed by atoms with van der Waals surface area (Å²) < 4.78 is 1.58. The highest BCUT2D eigenvalue weighted by atomic mass is 35.5. The summed E-state index contributed by atoms with van der Waals surface area (Å²) in [6.07, 6.45) is 1.53. The van der Waals surface area contributed by atoms with Crippen LogP contribution in [-0.4, -0.2) is 51.8 Å². The smallest absolute Gasteiger partial charge is 0.293 e. The Morgan fingerprint density at radius 2 is 1.96 bits per heavy atom. The summed E-state index contributed by atoms with van der Waals surface area (Å²) in [5.74, 6) is 0.682. The van der Waals surface area contributed by atoms with Crippen molar-refractivity contribution in [3.8, 4) is 5.69 Å². The lowest BCUT2D eigenvalue weighted by Gasteiger charge is -2.17. The number of halogens is 3. The Hall–Kier alpha value is -1.34. The van der Waals surface area contributed by atoms with Gasteiger partial charge in [-0.05, 0) is 25.1 Å². The number of para-hydroxylation sites is 1. The zero-order valence-electron chi connectivity index (χ0n) is 13.8. The van der Waals surface area contributed by atoms with Gasteiger partial charge in [0.2, 0.25) is 5.82 Å². The van der Waals surface area contributed by atoms with Crippen LogP contribution < -0.4 is 5.32 Å². The van der Waals surface area contributed by atoms with Crippen LogP contribution in [0.15, 0.2) is 18.2 Å². The minimum Gasteiger partial charge on any atom is -0.335 e. The molecule has 25 heavy (non-hydrogen) atoms. The fourth-order valence-corrected chi connectivity index (χ4v) is 3.28. The summed E-state index contributed by atoms with van der Waals surface area (Å²) in [4.78, 5) is 18.9. The van der Waals surface area contributed by atoms with Crippen molar-refractivity contribution in [2.75, 3.05) is 26.2 Å². The molecule has 0 atom stereocenters. The average Bonchev–Trinajstić information content (AvgIpc) is 2.80. The highest BCUT2D eigenvalue weighted by Gasteiger charge is 2.24. The van der Waals surface area contributed by atoms with Crippen LogP contribution in [0.1, 0.15) is 29.8 Å². The number of nitrogens with one attached hydrogen (secondary N) is 1. The van der Waals surface area contributed by atoms with Gasteiger partial charge in [-0.3, -0.25) is 4.79 Å². The van der Waals surface area contributed by atoms with E-state index in [1.54, 1.807) is 27.8 Å². The number of rotatable bonds is 3. The fourth-order valence-electron chi connectivity index (χ4n) is 2.72. The maximum absolute atomic E-state index is 12.7. The number of nitrogens with zero attached hydrogens (tertiary/aromatic N) is 4. The number of amides is 1. The molecule has 0 spiro atoms. The van der Waals surface area contributed by atoms with E-state index in [9.17, 15) is 4.79 Å². The third-order valence-corrected chi connectivity index (χ3v) is 4.57. The largest absolute Gasteiger partial charge is 0.335 e. The molecule has 0 aliphatic carbocycles. The third-order valence-electron chi connectivity index (χ3n) is 3.96. The van der Waals surface area contributed by atoms with Crippen molar-refractivity contribution in [3.63, 3.8) is 0 Å². The van der Waals surface area contributed by atoms with Crippen LogP contribution in [0.4, 0.5) is 0 Å². The summed E-state index contributed by atoms with van der Waals surface area (Å²) in [7, 11) is 0. The molecule has 1 amide bonds. The number of aromatic nitrogens is 3. The summed E-state index contributed by atoms with van der Waals surface area (Å²) in [6.45, 7) is 5.01. The van der Waals surface area contributed by atoms with E-state index in [2.05, 4.69) is 15.4 Å². The molecular formula is C16H20Cl3N5O. The van der Waals surface area contributed by atoms with Crippen LogP contribution in [0.25, 0.3) is 5.69 Å². The number of hydrogen-bond acceptors (Lipinski definition) is 4. The molecule has 1 saturated heterocycles. The Kier molecular flexibility index (Phi) is 7.07. The highest BCUT2D eigenvalue weighted by Crippen LogP contribution is 2.28. The second-order valence-electron chi connectivity index (χ2n) is 5.58. The van der Waals surface area contributed by atoms with Crippen LogP contribution >= 0.6 is 35.6 Å². The SMILES string of the molecule is CCc1nc(C(=O)N2CCCNCC2)nn1-c1c(Cl)cccc1Cl.Cl. The monoisotopic (exact) mass is 403 g/mol. The maximum atomic E-state index is 12.7.